The SMILES string of the molecule is Cc1nc(C)c(C(C)N2CCC(C)C(N)C2)s1. The number of hydrogen-bond donors (Lipinski definition) is 1. The van der Waals surface area contributed by atoms with Gasteiger partial charge in [-0.05, 0) is 39.7 Å². The Labute approximate surface area is 108 Å². The van der Waals surface area contributed by atoms with Crippen LogP contribution in [0.3, 0.4) is 0 Å². The molecule has 3 atom stereocenters. The number of aromatic nitrogens is 1. The van der Waals surface area contributed by atoms with Crippen LogP contribution in [0.5, 0.6) is 0 Å². The number of thiazole rings is 1. The van der Waals surface area contributed by atoms with Gasteiger partial charge < -0.3 is 5.73 Å². The average molecular weight is 253 g/mol. The van der Waals surface area contributed by atoms with E-state index in [1.54, 1.807) is 0 Å². The van der Waals surface area contributed by atoms with Gasteiger partial charge in [-0.1, -0.05) is 6.92 Å². The number of nitrogens with two attached hydrogens (primary N) is 1. The molecule has 17 heavy (non-hydrogen) atoms. The molecule has 2 heterocycles. The normalized spacial score (nSPS) is 28.3. The lowest BCUT2D eigenvalue weighted by atomic mass is 9.93. The van der Waals surface area contributed by atoms with Crippen LogP contribution in [-0.2, 0) is 0 Å². The summed E-state index contributed by atoms with van der Waals surface area (Å²) in [6, 6.07) is 0.778. The summed E-state index contributed by atoms with van der Waals surface area (Å²) in [7, 11) is 0. The van der Waals surface area contributed by atoms with Gasteiger partial charge in [-0.3, -0.25) is 4.90 Å². The predicted octanol–water partition coefficient (Wildman–Crippen LogP) is 2.49. The topological polar surface area (TPSA) is 42.2 Å². The molecule has 96 valence electrons. The standard InChI is InChI=1S/C13H23N3S/c1-8-5-6-16(7-12(8)14)10(3)13-9(2)15-11(4)17-13/h8,10,12H,5-7,14H2,1-4H3. The quantitative estimate of drug-likeness (QED) is 0.880. The summed E-state index contributed by atoms with van der Waals surface area (Å²) < 4.78 is 0. The zero-order chi connectivity index (χ0) is 12.6. The van der Waals surface area contributed by atoms with E-state index in [1.807, 2.05) is 11.3 Å². The van der Waals surface area contributed by atoms with Crippen LogP contribution in [0.25, 0.3) is 0 Å². The average Bonchev–Trinajstić information content (AvgIpc) is 2.61. The Bertz CT molecular complexity index is 388. The largest absolute Gasteiger partial charge is 0.326 e. The highest BCUT2D eigenvalue weighted by Gasteiger charge is 2.28. The molecule has 0 aliphatic carbocycles. The third kappa shape index (κ3) is 2.69. The zero-order valence-electron chi connectivity index (χ0n) is 11.2. The molecule has 1 aliphatic heterocycles. The van der Waals surface area contributed by atoms with E-state index in [0.29, 0.717) is 18.0 Å². The molecule has 0 aromatic carbocycles. The molecule has 2 N–H and O–H groups in total. The lowest BCUT2D eigenvalue weighted by Gasteiger charge is -2.38. The van der Waals surface area contributed by atoms with Crippen molar-refractivity contribution < 1.29 is 0 Å². The summed E-state index contributed by atoms with van der Waals surface area (Å²) in [6.45, 7) is 10.9. The highest BCUT2D eigenvalue weighted by Crippen LogP contribution is 2.31. The summed E-state index contributed by atoms with van der Waals surface area (Å²) in [5.74, 6) is 0.655. The maximum atomic E-state index is 6.17. The number of hydrogen-bond acceptors (Lipinski definition) is 4. The van der Waals surface area contributed by atoms with E-state index in [4.69, 9.17) is 5.73 Å². The fourth-order valence-electron chi connectivity index (χ4n) is 2.58. The number of nitrogens with zero attached hydrogens (tertiary/aromatic N) is 2. The summed E-state index contributed by atoms with van der Waals surface area (Å²) in [6.07, 6.45) is 1.21. The van der Waals surface area contributed by atoms with Crippen molar-refractivity contribution in [3.63, 3.8) is 0 Å². The lowest BCUT2D eigenvalue weighted by molar-refractivity contribution is 0.130. The van der Waals surface area contributed by atoms with Gasteiger partial charge in [-0.25, -0.2) is 4.98 Å². The second kappa shape index (κ2) is 5.04. The van der Waals surface area contributed by atoms with Crippen molar-refractivity contribution >= 4 is 11.3 Å². The minimum Gasteiger partial charge on any atom is -0.326 e. The van der Waals surface area contributed by atoms with Gasteiger partial charge >= 0.3 is 0 Å². The van der Waals surface area contributed by atoms with Gasteiger partial charge in [-0.2, -0.15) is 0 Å². The van der Waals surface area contributed by atoms with Crippen LogP contribution < -0.4 is 5.73 Å². The Morgan fingerprint density at radius 1 is 1.47 bits per heavy atom. The van der Waals surface area contributed by atoms with Crippen molar-refractivity contribution in [1.82, 2.24) is 9.88 Å². The first-order chi connectivity index (χ1) is 7.99. The molecule has 0 saturated carbocycles. The minimum atomic E-state index is 0.320. The van der Waals surface area contributed by atoms with Gasteiger partial charge in [0.15, 0.2) is 0 Å². The summed E-state index contributed by atoms with van der Waals surface area (Å²) in [4.78, 5) is 8.43. The number of piperidine rings is 1. The van der Waals surface area contributed by atoms with Crippen LogP contribution in [-0.4, -0.2) is 29.0 Å². The molecule has 0 bridgehead atoms. The third-order valence-corrected chi connectivity index (χ3v) is 5.16. The van der Waals surface area contributed by atoms with Crippen LogP contribution >= 0.6 is 11.3 Å². The second-order valence-corrected chi connectivity index (χ2v) is 6.52. The first kappa shape index (κ1) is 13.0. The molecule has 0 spiro atoms. The van der Waals surface area contributed by atoms with Gasteiger partial charge in [0.05, 0.1) is 10.7 Å². The summed E-state index contributed by atoms with van der Waals surface area (Å²) in [5.41, 5.74) is 7.36. The third-order valence-electron chi connectivity index (χ3n) is 3.91. The monoisotopic (exact) mass is 253 g/mol. The first-order valence-corrected chi connectivity index (χ1v) is 7.24. The maximum absolute atomic E-state index is 6.17. The fraction of sp³-hybridized carbons (Fsp3) is 0.769. The van der Waals surface area contributed by atoms with E-state index < -0.39 is 0 Å². The van der Waals surface area contributed by atoms with E-state index in [2.05, 4.69) is 37.6 Å². The highest BCUT2D eigenvalue weighted by atomic mass is 32.1. The summed E-state index contributed by atoms with van der Waals surface area (Å²) in [5, 5.41) is 1.17. The van der Waals surface area contributed by atoms with Gasteiger partial charge in [0.2, 0.25) is 0 Å². The van der Waals surface area contributed by atoms with Gasteiger partial charge in [0.25, 0.3) is 0 Å². The van der Waals surface area contributed by atoms with Crippen LogP contribution in [0.15, 0.2) is 0 Å². The smallest absolute Gasteiger partial charge is 0.0900 e. The predicted molar refractivity (Wildman–Crippen MR) is 73.3 cm³/mol. The Hall–Kier alpha value is -0.450. The van der Waals surface area contributed by atoms with Crippen molar-refractivity contribution in [3.05, 3.63) is 15.6 Å². The molecule has 0 amide bonds. The van der Waals surface area contributed by atoms with Gasteiger partial charge in [0.1, 0.15) is 0 Å². The highest BCUT2D eigenvalue weighted by molar-refractivity contribution is 7.11. The first-order valence-electron chi connectivity index (χ1n) is 6.42. The molecule has 0 radical (unpaired) electrons. The molecule has 3 unspecified atom stereocenters. The molecule has 1 fully saturated rings. The van der Waals surface area contributed by atoms with Gasteiger partial charge in [-0.15, -0.1) is 11.3 Å². The molecule has 3 nitrogen and oxygen atoms in total. The van der Waals surface area contributed by atoms with Crippen LogP contribution in [0.2, 0.25) is 0 Å². The molecule has 1 aromatic rings. The Morgan fingerprint density at radius 3 is 2.71 bits per heavy atom. The van der Waals surface area contributed by atoms with Crippen molar-refractivity contribution in [2.24, 2.45) is 11.7 Å². The number of rotatable bonds is 2. The van der Waals surface area contributed by atoms with E-state index in [0.717, 1.165) is 13.1 Å². The van der Waals surface area contributed by atoms with Crippen molar-refractivity contribution in [1.29, 1.82) is 0 Å². The Morgan fingerprint density at radius 2 is 2.18 bits per heavy atom. The molecule has 4 heteroatoms. The van der Waals surface area contributed by atoms with Crippen LogP contribution in [0, 0.1) is 19.8 Å². The Balaban J connectivity index is 2.10. The Kier molecular flexibility index (Phi) is 3.85. The maximum Gasteiger partial charge on any atom is 0.0900 e. The van der Waals surface area contributed by atoms with Crippen LogP contribution in [0.1, 0.15) is 41.9 Å². The van der Waals surface area contributed by atoms with E-state index >= 15 is 0 Å². The summed E-state index contributed by atoms with van der Waals surface area (Å²) >= 11 is 1.82. The second-order valence-electron chi connectivity index (χ2n) is 5.28. The van der Waals surface area contributed by atoms with E-state index in [-0.39, 0.29) is 0 Å². The molecular formula is C13H23N3S. The van der Waals surface area contributed by atoms with Crippen molar-refractivity contribution in [2.45, 2.75) is 46.2 Å². The van der Waals surface area contributed by atoms with Crippen molar-refractivity contribution in [2.75, 3.05) is 13.1 Å². The lowest BCUT2D eigenvalue weighted by Crippen LogP contribution is -2.48. The molecular weight excluding hydrogens is 230 g/mol. The number of aryl methyl sites for hydroxylation is 2. The zero-order valence-corrected chi connectivity index (χ0v) is 12.0. The molecule has 1 aliphatic rings. The molecule has 1 saturated heterocycles. The van der Waals surface area contributed by atoms with E-state index in [1.165, 1.54) is 22.0 Å². The molecule has 2 rings (SSSR count). The van der Waals surface area contributed by atoms with Gasteiger partial charge in [0, 0.05) is 23.5 Å². The van der Waals surface area contributed by atoms with E-state index in [9.17, 15) is 0 Å². The van der Waals surface area contributed by atoms with Crippen LogP contribution in [0.4, 0.5) is 0 Å². The number of likely N-dealkylation sites (tertiary alicyclic amines) is 1. The molecule has 1 aromatic heterocycles. The minimum absolute atomic E-state index is 0.320. The van der Waals surface area contributed by atoms with Crippen molar-refractivity contribution in [3.8, 4) is 0 Å². The fourth-order valence-corrected chi connectivity index (χ4v) is 3.59.